The van der Waals surface area contributed by atoms with Gasteiger partial charge < -0.3 is 0 Å². The van der Waals surface area contributed by atoms with Gasteiger partial charge in [-0.15, -0.1) is 0 Å². The molecule has 21 heavy (non-hydrogen) atoms. The Hall–Kier alpha value is -2.82. The van der Waals surface area contributed by atoms with Crippen molar-refractivity contribution in [3.63, 3.8) is 0 Å². The van der Waals surface area contributed by atoms with E-state index in [4.69, 9.17) is 0 Å². The first-order valence-corrected chi connectivity index (χ1v) is 6.45. The third-order valence-corrected chi connectivity index (χ3v) is 3.75. The van der Waals surface area contributed by atoms with Crippen molar-refractivity contribution in [1.29, 1.82) is 0 Å². The molecule has 0 atom stereocenters. The Morgan fingerprint density at radius 2 is 1.95 bits per heavy atom. The van der Waals surface area contributed by atoms with Gasteiger partial charge in [0.2, 0.25) is 5.78 Å². The van der Waals surface area contributed by atoms with Crippen LogP contribution in [0.25, 0.3) is 16.6 Å². The average molecular weight is 280 g/mol. The highest BCUT2D eigenvalue weighted by Crippen LogP contribution is 2.27. The minimum Gasteiger partial charge on any atom is -0.285 e. The molecule has 3 aromatic rings. The van der Waals surface area contributed by atoms with Gasteiger partial charge in [-0.05, 0) is 36.8 Å². The summed E-state index contributed by atoms with van der Waals surface area (Å²) in [6.45, 7) is 1.83. The van der Waals surface area contributed by atoms with Crippen LogP contribution in [0.2, 0.25) is 0 Å². The van der Waals surface area contributed by atoms with E-state index in [9.17, 15) is 14.0 Å². The molecule has 0 amide bonds. The number of carbonyl (C=O) groups is 1. The summed E-state index contributed by atoms with van der Waals surface area (Å²) < 4.78 is 14.6. The highest BCUT2D eigenvalue weighted by Gasteiger charge is 2.30. The summed E-state index contributed by atoms with van der Waals surface area (Å²) in [5, 5.41) is 0.448. The standard InChI is InChI=1S/C16H9FN2O2/c1-8-3-2-4-10-13(8)18-15-14(20)11-7-9(17)5-6-12(11)19(15)16(10)21/h2-7H,1H3. The van der Waals surface area contributed by atoms with Crippen LogP contribution < -0.4 is 5.56 Å². The molecule has 0 aliphatic carbocycles. The lowest BCUT2D eigenvalue weighted by molar-refractivity contribution is 0.103. The average Bonchev–Trinajstić information content (AvgIpc) is 2.74. The Balaban J connectivity index is 2.20. The first-order chi connectivity index (χ1) is 10.1. The first-order valence-electron chi connectivity index (χ1n) is 6.45. The zero-order chi connectivity index (χ0) is 14.7. The van der Waals surface area contributed by atoms with E-state index >= 15 is 0 Å². The quantitative estimate of drug-likeness (QED) is 0.497. The van der Waals surface area contributed by atoms with E-state index in [1.807, 2.05) is 13.0 Å². The second kappa shape index (κ2) is 3.85. The number of nitrogens with zero attached hydrogens (tertiary/aromatic N) is 2. The molecule has 2 heterocycles. The normalized spacial score (nSPS) is 12.6. The SMILES string of the molecule is Cc1cccc2c(=O)n3c(nc12)C(=O)c1cc(F)ccc1-3. The van der Waals surface area contributed by atoms with E-state index in [1.165, 1.54) is 16.7 Å². The summed E-state index contributed by atoms with van der Waals surface area (Å²) >= 11 is 0. The van der Waals surface area contributed by atoms with Gasteiger partial charge in [-0.25, -0.2) is 9.37 Å². The Bertz CT molecular complexity index is 1010. The molecule has 0 N–H and O–H groups in total. The smallest absolute Gasteiger partial charge is 0.266 e. The summed E-state index contributed by atoms with van der Waals surface area (Å²) in [4.78, 5) is 29.3. The maximum atomic E-state index is 13.3. The van der Waals surface area contributed by atoms with Crippen LogP contribution in [-0.4, -0.2) is 15.3 Å². The van der Waals surface area contributed by atoms with Gasteiger partial charge in [-0.1, -0.05) is 12.1 Å². The minimum absolute atomic E-state index is 0.0439. The number of para-hydroxylation sites is 1. The van der Waals surface area contributed by atoms with Crippen molar-refractivity contribution in [2.24, 2.45) is 0 Å². The van der Waals surface area contributed by atoms with Gasteiger partial charge in [0.15, 0.2) is 5.82 Å². The van der Waals surface area contributed by atoms with Gasteiger partial charge in [0.1, 0.15) is 5.82 Å². The number of hydrogen-bond donors (Lipinski definition) is 0. The van der Waals surface area contributed by atoms with Crippen molar-refractivity contribution in [1.82, 2.24) is 9.55 Å². The number of aryl methyl sites for hydroxylation is 1. The summed E-state index contributed by atoms with van der Waals surface area (Å²) in [5.41, 5.74) is 1.58. The van der Waals surface area contributed by atoms with E-state index in [1.54, 1.807) is 12.1 Å². The first kappa shape index (κ1) is 12.0. The summed E-state index contributed by atoms with van der Waals surface area (Å²) in [7, 11) is 0. The van der Waals surface area contributed by atoms with Crippen LogP contribution in [0.1, 0.15) is 21.7 Å². The molecule has 5 heteroatoms. The molecule has 0 fully saturated rings. The van der Waals surface area contributed by atoms with Crippen molar-refractivity contribution >= 4 is 16.7 Å². The molecule has 102 valence electrons. The molecule has 0 saturated carbocycles. The van der Waals surface area contributed by atoms with Crippen molar-refractivity contribution in [2.45, 2.75) is 6.92 Å². The van der Waals surface area contributed by atoms with Crippen LogP contribution in [0.3, 0.4) is 0 Å². The Kier molecular flexibility index (Phi) is 2.19. The van der Waals surface area contributed by atoms with E-state index in [-0.39, 0.29) is 16.9 Å². The molecule has 1 aromatic heterocycles. The molecule has 1 aliphatic heterocycles. The number of fused-ring (bicyclic) bond motifs is 4. The number of aromatic nitrogens is 2. The van der Waals surface area contributed by atoms with Crippen LogP contribution in [0.5, 0.6) is 0 Å². The van der Waals surface area contributed by atoms with E-state index in [0.717, 1.165) is 11.6 Å². The molecule has 0 unspecified atom stereocenters. The highest BCUT2D eigenvalue weighted by atomic mass is 19.1. The molecule has 4 rings (SSSR count). The molecule has 1 aliphatic rings. The summed E-state index contributed by atoms with van der Waals surface area (Å²) in [5.74, 6) is -0.891. The lowest BCUT2D eigenvalue weighted by atomic mass is 10.1. The fraction of sp³-hybridized carbons (Fsp3) is 0.0625. The van der Waals surface area contributed by atoms with Crippen molar-refractivity contribution in [3.8, 4) is 5.69 Å². The molecule has 4 nitrogen and oxygen atoms in total. The third-order valence-electron chi connectivity index (χ3n) is 3.75. The molecular formula is C16H9FN2O2. The fourth-order valence-electron chi connectivity index (χ4n) is 2.73. The number of halogens is 1. The predicted molar refractivity (Wildman–Crippen MR) is 75.5 cm³/mol. The fourth-order valence-corrected chi connectivity index (χ4v) is 2.73. The lowest BCUT2D eigenvalue weighted by Crippen LogP contribution is -2.21. The van der Waals surface area contributed by atoms with Crippen molar-refractivity contribution in [2.75, 3.05) is 0 Å². The predicted octanol–water partition coefficient (Wildman–Crippen LogP) is 2.38. The monoisotopic (exact) mass is 280 g/mol. The molecule has 0 bridgehead atoms. The molecule has 0 spiro atoms. The highest BCUT2D eigenvalue weighted by molar-refractivity contribution is 6.13. The van der Waals surface area contributed by atoms with Gasteiger partial charge >= 0.3 is 0 Å². The van der Waals surface area contributed by atoms with Gasteiger partial charge in [0.25, 0.3) is 5.56 Å². The maximum Gasteiger partial charge on any atom is 0.266 e. The second-order valence-electron chi connectivity index (χ2n) is 5.04. The van der Waals surface area contributed by atoms with E-state index in [2.05, 4.69) is 4.98 Å². The van der Waals surface area contributed by atoms with Crippen molar-refractivity contribution in [3.05, 3.63) is 69.5 Å². The Labute approximate surface area is 118 Å². The van der Waals surface area contributed by atoms with Gasteiger partial charge in [0, 0.05) is 0 Å². The Morgan fingerprint density at radius 3 is 2.76 bits per heavy atom. The third kappa shape index (κ3) is 1.45. The van der Waals surface area contributed by atoms with Crippen molar-refractivity contribution < 1.29 is 9.18 Å². The Morgan fingerprint density at radius 1 is 1.14 bits per heavy atom. The lowest BCUT2D eigenvalue weighted by Gasteiger charge is -2.06. The number of ketones is 1. The van der Waals surface area contributed by atoms with Gasteiger partial charge in [-0.3, -0.25) is 14.2 Å². The zero-order valence-electron chi connectivity index (χ0n) is 11.1. The van der Waals surface area contributed by atoms with E-state index in [0.29, 0.717) is 16.6 Å². The molecule has 0 saturated heterocycles. The van der Waals surface area contributed by atoms with Crippen LogP contribution >= 0.6 is 0 Å². The van der Waals surface area contributed by atoms with Crippen LogP contribution in [0.4, 0.5) is 4.39 Å². The van der Waals surface area contributed by atoms with E-state index < -0.39 is 11.6 Å². The maximum absolute atomic E-state index is 13.3. The summed E-state index contributed by atoms with van der Waals surface area (Å²) in [6.07, 6.45) is 0. The van der Waals surface area contributed by atoms with Gasteiger partial charge in [0.05, 0.1) is 22.2 Å². The second-order valence-corrected chi connectivity index (χ2v) is 5.04. The number of benzene rings is 2. The van der Waals surface area contributed by atoms with Crippen LogP contribution in [-0.2, 0) is 0 Å². The topological polar surface area (TPSA) is 52.0 Å². The number of hydrogen-bond acceptors (Lipinski definition) is 3. The minimum atomic E-state index is -0.510. The van der Waals surface area contributed by atoms with Crippen LogP contribution in [0, 0.1) is 12.7 Å². The summed E-state index contributed by atoms with van der Waals surface area (Å²) in [6, 6.07) is 9.09. The molecule has 2 aromatic carbocycles. The zero-order valence-corrected chi connectivity index (χ0v) is 11.1. The number of carbonyl (C=O) groups excluding carboxylic acids is 1. The van der Waals surface area contributed by atoms with Gasteiger partial charge in [-0.2, -0.15) is 0 Å². The largest absolute Gasteiger partial charge is 0.285 e. The molecule has 0 radical (unpaired) electrons. The number of rotatable bonds is 0. The molecular weight excluding hydrogens is 271 g/mol. The van der Waals surface area contributed by atoms with Crippen LogP contribution in [0.15, 0.2) is 41.2 Å².